The zero-order valence-electron chi connectivity index (χ0n) is 14.2. The van der Waals surface area contributed by atoms with E-state index in [-0.39, 0.29) is 18.3 Å². The van der Waals surface area contributed by atoms with Crippen LogP contribution >= 0.6 is 15.9 Å². The summed E-state index contributed by atoms with van der Waals surface area (Å²) in [7, 11) is 1.56. The van der Waals surface area contributed by atoms with Crippen LogP contribution in [0.25, 0.3) is 5.69 Å². The van der Waals surface area contributed by atoms with E-state index in [1.807, 2.05) is 24.3 Å². The second-order valence-corrected chi connectivity index (χ2v) is 6.78. The molecule has 0 spiro atoms. The Balaban J connectivity index is 1.88. The molecule has 2 amide bonds. The van der Waals surface area contributed by atoms with Crippen LogP contribution in [-0.4, -0.2) is 58.6 Å². The summed E-state index contributed by atoms with van der Waals surface area (Å²) in [4.78, 5) is 25.5. The van der Waals surface area contributed by atoms with Crippen molar-refractivity contribution in [3.05, 3.63) is 45.7 Å². The lowest BCUT2D eigenvalue weighted by molar-refractivity contribution is 0.0687. The number of fused-ring (bicyclic) bond motifs is 1. The molecule has 2 heterocycles. The van der Waals surface area contributed by atoms with Gasteiger partial charge in [-0.25, -0.2) is 14.3 Å². The minimum absolute atomic E-state index is 0.0164. The third-order valence-electron chi connectivity index (χ3n) is 4.20. The summed E-state index contributed by atoms with van der Waals surface area (Å²) in [5.41, 5.74) is 2.17. The van der Waals surface area contributed by atoms with E-state index >= 15 is 0 Å². The molecule has 8 nitrogen and oxygen atoms in total. The van der Waals surface area contributed by atoms with E-state index in [0.717, 1.165) is 15.9 Å². The highest BCUT2D eigenvalue weighted by molar-refractivity contribution is 9.10. The van der Waals surface area contributed by atoms with E-state index in [9.17, 15) is 14.7 Å². The molecule has 2 N–H and O–H groups in total. The molecule has 9 heteroatoms. The quantitative estimate of drug-likeness (QED) is 0.718. The number of rotatable bonds is 5. The van der Waals surface area contributed by atoms with Gasteiger partial charge in [0.05, 0.1) is 24.5 Å². The molecule has 0 saturated heterocycles. The number of aromatic carboxylic acids is 1. The summed E-state index contributed by atoms with van der Waals surface area (Å²) in [5, 5.41) is 16.6. The Morgan fingerprint density at radius 2 is 2.08 bits per heavy atom. The van der Waals surface area contributed by atoms with Gasteiger partial charge in [-0.1, -0.05) is 15.9 Å². The molecule has 0 fully saturated rings. The molecule has 0 bridgehead atoms. The molecule has 1 aromatic heterocycles. The number of ether oxygens (including phenoxy) is 1. The van der Waals surface area contributed by atoms with E-state index < -0.39 is 5.97 Å². The van der Waals surface area contributed by atoms with Crippen molar-refractivity contribution in [1.82, 2.24) is 20.0 Å². The van der Waals surface area contributed by atoms with Gasteiger partial charge in [0.25, 0.3) is 0 Å². The second-order valence-electron chi connectivity index (χ2n) is 5.86. The molecular weight excluding hydrogens is 404 g/mol. The highest BCUT2D eigenvalue weighted by Gasteiger charge is 2.30. The van der Waals surface area contributed by atoms with Gasteiger partial charge < -0.3 is 20.1 Å². The number of nitrogens with one attached hydrogen (secondary N) is 1. The van der Waals surface area contributed by atoms with Crippen LogP contribution in [0.5, 0.6) is 0 Å². The Kier molecular flexibility index (Phi) is 5.58. The van der Waals surface area contributed by atoms with Crippen LogP contribution in [-0.2, 0) is 17.7 Å². The number of carbonyl (C=O) groups excluding carboxylic acids is 1. The second kappa shape index (κ2) is 7.88. The molecule has 0 saturated carbocycles. The third kappa shape index (κ3) is 3.73. The number of aromatic nitrogens is 2. The van der Waals surface area contributed by atoms with Gasteiger partial charge in [0, 0.05) is 36.7 Å². The smallest absolute Gasteiger partial charge is 0.356 e. The SMILES string of the molecule is COCCNC(=O)N1CCc2c(c(C(=O)O)nn2-c2ccc(Br)cc2)C1. The number of amides is 2. The van der Waals surface area contributed by atoms with Crippen molar-refractivity contribution in [2.24, 2.45) is 0 Å². The number of carboxylic acid groups (broad SMARTS) is 1. The van der Waals surface area contributed by atoms with Crippen LogP contribution in [0, 0.1) is 0 Å². The Morgan fingerprint density at radius 3 is 2.73 bits per heavy atom. The third-order valence-corrected chi connectivity index (χ3v) is 4.73. The first kappa shape index (κ1) is 18.4. The van der Waals surface area contributed by atoms with E-state index in [0.29, 0.717) is 31.7 Å². The minimum atomic E-state index is -1.10. The molecule has 0 unspecified atom stereocenters. The fraction of sp³-hybridized carbons (Fsp3) is 0.353. The average Bonchev–Trinajstić information content (AvgIpc) is 3.01. The Bertz CT molecular complexity index is 819. The monoisotopic (exact) mass is 422 g/mol. The van der Waals surface area contributed by atoms with Crippen LogP contribution in [0.1, 0.15) is 21.7 Å². The predicted octanol–water partition coefficient (Wildman–Crippen LogP) is 2.05. The van der Waals surface area contributed by atoms with Crippen molar-refractivity contribution in [3.8, 4) is 5.69 Å². The molecule has 1 aromatic carbocycles. The number of methoxy groups -OCH3 is 1. The number of carboxylic acids is 1. The fourth-order valence-electron chi connectivity index (χ4n) is 2.93. The number of carbonyl (C=O) groups is 2. The molecule has 0 atom stereocenters. The predicted molar refractivity (Wildman–Crippen MR) is 97.6 cm³/mol. The first-order chi connectivity index (χ1) is 12.5. The fourth-order valence-corrected chi connectivity index (χ4v) is 3.20. The zero-order chi connectivity index (χ0) is 18.7. The summed E-state index contributed by atoms with van der Waals surface area (Å²) in [6.07, 6.45) is 0.531. The number of halogens is 1. The van der Waals surface area contributed by atoms with Crippen molar-refractivity contribution in [1.29, 1.82) is 0 Å². The maximum Gasteiger partial charge on any atom is 0.356 e. The van der Waals surface area contributed by atoms with Gasteiger partial charge in [-0.3, -0.25) is 0 Å². The maximum absolute atomic E-state index is 12.3. The van der Waals surface area contributed by atoms with Gasteiger partial charge in [0.2, 0.25) is 0 Å². The highest BCUT2D eigenvalue weighted by Crippen LogP contribution is 2.26. The maximum atomic E-state index is 12.3. The molecule has 0 radical (unpaired) electrons. The van der Waals surface area contributed by atoms with Crippen molar-refractivity contribution in [3.63, 3.8) is 0 Å². The Hall–Kier alpha value is -2.39. The highest BCUT2D eigenvalue weighted by atomic mass is 79.9. The first-order valence-electron chi connectivity index (χ1n) is 8.13. The van der Waals surface area contributed by atoms with Crippen LogP contribution in [0.2, 0.25) is 0 Å². The van der Waals surface area contributed by atoms with Crippen molar-refractivity contribution in [2.75, 3.05) is 26.8 Å². The average molecular weight is 423 g/mol. The van der Waals surface area contributed by atoms with E-state index in [1.54, 1.807) is 16.7 Å². The van der Waals surface area contributed by atoms with E-state index in [4.69, 9.17) is 4.74 Å². The van der Waals surface area contributed by atoms with Crippen LogP contribution in [0.15, 0.2) is 28.7 Å². The molecule has 138 valence electrons. The van der Waals surface area contributed by atoms with Gasteiger partial charge in [0.15, 0.2) is 5.69 Å². The summed E-state index contributed by atoms with van der Waals surface area (Å²) >= 11 is 3.39. The lowest BCUT2D eigenvalue weighted by Gasteiger charge is -2.27. The zero-order valence-corrected chi connectivity index (χ0v) is 15.8. The summed E-state index contributed by atoms with van der Waals surface area (Å²) in [6.45, 7) is 1.54. The molecule has 0 aliphatic carbocycles. The molecule has 3 rings (SSSR count). The number of benzene rings is 1. The van der Waals surface area contributed by atoms with Crippen LogP contribution in [0.4, 0.5) is 4.79 Å². The molecule has 2 aromatic rings. The molecular formula is C17H19BrN4O4. The van der Waals surface area contributed by atoms with Crippen molar-refractivity contribution >= 4 is 27.9 Å². The van der Waals surface area contributed by atoms with Crippen LogP contribution < -0.4 is 5.32 Å². The van der Waals surface area contributed by atoms with Crippen molar-refractivity contribution < 1.29 is 19.4 Å². The number of nitrogens with zero attached hydrogens (tertiary/aromatic N) is 3. The number of hydrogen-bond acceptors (Lipinski definition) is 4. The van der Waals surface area contributed by atoms with Gasteiger partial charge in [-0.2, -0.15) is 5.10 Å². The summed E-state index contributed by atoms with van der Waals surface area (Å²) in [5.74, 6) is -1.10. The standard InChI is InChI=1S/C17H19BrN4O4/c1-26-9-7-19-17(25)21-8-6-14-13(10-21)15(16(23)24)20-22(14)12-4-2-11(18)3-5-12/h2-5H,6-10H2,1H3,(H,19,25)(H,23,24). The minimum Gasteiger partial charge on any atom is -0.476 e. The molecule has 1 aliphatic rings. The lowest BCUT2D eigenvalue weighted by atomic mass is 10.1. The summed E-state index contributed by atoms with van der Waals surface area (Å²) in [6, 6.07) is 7.25. The van der Waals surface area contributed by atoms with Gasteiger partial charge in [-0.15, -0.1) is 0 Å². The first-order valence-corrected chi connectivity index (χ1v) is 8.92. The molecule has 26 heavy (non-hydrogen) atoms. The van der Waals surface area contributed by atoms with E-state index in [2.05, 4.69) is 26.3 Å². The Morgan fingerprint density at radius 1 is 1.35 bits per heavy atom. The Labute approximate surface area is 158 Å². The van der Waals surface area contributed by atoms with Gasteiger partial charge in [-0.05, 0) is 24.3 Å². The summed E-state index contributed by atoms with van der Waals surface area (Å²) < 4.78 is 7.51. The van der Waals surface area contributed by atoms with E-state index in [1.165, 1.54) is 0 Å². The van der Waals surface area contributed by atoms with Gasteiger partial charge in [0.1, 0.15) is 0 Å². The molecule has 1 aliphatic heterocycles. The normalized spacial score (nSPS) is 13.4. The topological polar surface area (TPSA) is 96.7 Å². The lowest BCUT2D eigenvalue weighted by Crippen LogP contribution is -2.44. The number of urea groups is 1. The largest absolute Gasteiger partial charge is 0.476 e. The van der Waals surface area contributed by atoms with Crippen LogP contribution in [0.3, 0.4) is 0 Å². The van der Waals surface area contributed by atoms with Crippen molar-refractivity contribution in [2.45, 2.75) is 13.0 Å². The number of hydrogen-bond donors (Lipinski definition) is 2. The van der Waals surface area contributed by atoms with Gasteiger partial charge >= 0.3 is 12.0 Å².